The standard InChI is InChI=1S/C21H17Cl3N2O/c22-17-7-3-5-15(11-17)14-27-21-10-2-1-6-16(21)12-25-26-13-18-19(23)8-4-9-20(18)24/h1-12,26H,13-14H2/b25-12+. The summed E-state index contributed by atoms with van der Waals surface area (Å²) in [6.45, 7) is 0.856. The molecule has 0 bridgehead atoms. The molecule has 0 heterocycles. The highest BCUT2D eigenvalue weighted by atomic mass is 35.5. The summed E-state index contributed by atoms with van der Waals surface area (Å²) < 4.78 is 5.91. The molecule has 0 aromatic heterocycles. The monoisotopic (exact) mass is 418 g/mol. The van der Waals surface area contributed by atoms with Crippen molar-refractivity contribution in [3.05, 3.63) is 98.5 Å². The van der Waals surface area contributed by atoms with Gasteiger partial charge in [-0.05, 0) is 42.0 Å². The number of rotatable bonds is 7. The second kappa shape index (κ2) is 9.65. The fraction of sp³-hybridized carbons (Fsp3) is 0.0952. The molecule has 3 rings (SSSR count). The number of nitrogens with zero attached hydrogens (tertiary/aromatic N) is 1. The van der Waals surface area contributed by atoms with Crippen molar-refractivity contribution in [2.45, 2.75) is 13.2 Å². The number of ether oxygens (including phenoxy) is 1. The van der Waals surface area contributed by atoms with E-state index in [4.69, 9.17) is 39.5 Å². The molecule has 0 fully saturated rings. The Kier molecular flexibility index (Phi) is 6.99. The summed E-state index contributed by atoms with van der Waals surface area (Å²) >= 11 is 18.3. The number of hydrogen-bond acceptors (Lipinski definition) is 3. The largest absolute Gasteiger partial charge is 0.488 e. The Balaban J connectivity index is 1.62. The van der Waals surface area contributed by atoms with Crippen molar-refractivity contribution in [3.63, 3.8) is 0 Å². The van der Waals surface area contributed by atoms with Gasteiger partial charge in [0.2, 0.25) is 0 Å². The Bertz CT molecular complexity index is 924. The van der Waals surface area contributed by atoms with Crippen LogP contribution in [0.25, 0.3) is 0 Å². The third-order valence-electron chi connectivity index (χ3n) is 3.81. The van der Waals surface area contributed by atoms with Gasteiger partial charge in [-0.2, -0.15) is 5.10 Å². The molecule has 0 saturated carbocycles. The van der Waals surface area contributed by atoms with Crippen molar-refractivity contribution in [1.29, 1.82) is 0 Å². The fourth-order valence-corrected chi connectivity index (χ4v) is 3.19. The highest BCUT2D eigenvalue weighted by Gasteiger charge is 2.05. The third-order valence-corrected chi connectivity index (χ3v) is 4.76. The maximum absolute atomic E-state index is 6.16. The van der Waals surface area contributed by atoms with Crippen LogP contribution in [0.2, 0.25) is 15.1 Å². The summed E-state index contributed by atoms with van der Waals surface area (Å²) in [5, 5.41) is 6.16. The minimum Gasteiger partial charge on any atom is -0.488 e. The zero-order valence-electron chi connectivity index (χ0n) is 14.3. The fourth-order valence-electron chi connectivity index (χ4n) is 2.45. The van der Waals surface area contributed by atoms with Crippen LogP contribution in [0.3, 0.4) is 0 Å². The molecule has 0 atom stereocenters. The minimum absolute atomic E-state index is 0.425. The van der Waals surface area contributed by atoms with Crippen molar-refractivity contribution in [2.75, 3.05) is 0 Å². The van der Waals surface area contributed by atoms with Gasteiger partial charge in [-0.3, -0.25) is 0 Å². The SMILES string of the molecule is Clc1cccc(COc2ccccc2/C=N/NCc2c(Cl)cccc2Cl)c1. The van der Waals surface area contributed by atoms with Gasteiger partial charge in [0.05, 0.1) is 12.8 Å². The summed E-state index contributed by atoms with van der Waals surface area (Å²) in [6, 6.07) is 20.7. The number of hydrogen-bond donors (Lipinski definition) is 1. The average Bonchev–Trinajstić information content (AvgIpc) is 2.66. The molecule has 0 amide bonds. The van der Waals surface area contributed by atoms with Crippen LogP contribution in [-0.2, 0) is 13.2 Å². The molecule has 1 N–H and O–H groups in total. The molecule has 3 aromatic rings. The maximum atomic E-state index is 6.16. The number of halogens is 3. The predicted octanol–water partition coefficient (Wildman–Crippen LogP) is 6.35. The third kappa shape index (κ3) is 5.64. The number of para-hydroxylation sites is 1. The molecule has 3 aromatic carbocycles. The highest BCUT2D eigenvalue weighted by Crippen LogP contribution is 2.24. The quantitative estimate of drug-likeness (QED) is 0.357. The number of nitrogens with one attached hydrogen (secondary N) is 1. The molecular formula is C21H17Cl3N2O. The van der Waals surface area contributed by atoms with E-state index in [2.05, 4.69) is 10.5 Å². The number of benzene rings is 3. The van der Waals surface area contributed by atoms with Crippen molar-refractivity contribution >= 4 is 41.0 Å². The zero-order chi connectivity index (χ0) is 19.1. The van der Waals surface area contributed by atoms with E-state index in [1.165, 1.54) is 0 Å². The lowest BCUT2D eigenvalue weighted by Gasteiger charge is -2.09. The molecule has 0 saturated heterocycles. The van der Waals surface area contributed by atoms with Gasteiger partial charge in [-0.15, -0.1) is 0 Å². The van der Waals surface area contributed by atoms with Crippen molar-refractivity contribution in [1.82, 2.24) is 5.43 Å². The summed E-state index contributed by atoms with van der Waals surface area (Å²) in [5.74, 6) is 0.735. The predicted molar refractivity (Wildman–Crippen MR) is 113 cm³/mol. The van der Waals surface area contributed by atoms with Gasteiger partial charge in [-0.25, -0.2) is 0 Å². The van der Waals surface area contributed by atoms with Crippen molar-refractivity contribution < 1.29 is 4.74 Å². The molecule has 0 radical (unpaired) electrons. The second-order valence-electron chi connectivity index (χ2n) is 5.75. The van der Waals surface area contributed by atoms with Crippen LogP contribution >= 0.6 is 34.8 Å². The molecule has 27 heavy (non-hydrogen) atoms. The smallest absolute Gasteiger partial charge is 0.128 e. The molecule has 0 aliphatic carbocycles. The van der Waals surface area contributed by atoms with Gasteiger partial charge in [0, 0.05) is 26.2 Å². The van der Waals surface area contributed by atoms with Crippen molar-refractivity contribution in [2.24, 2.45) is 5.10 Å². The van der Waals surface area contributed by atoms with Gasteiger partial charge in [0.15, 0.2) is 0 Å². The maximum Gasteiger partial charge on any atom is 0.128 e. The molecule has 6 heteroatoms. The first-order valence-corrected chi connectivity index (χ1v) is 9.42. The van der Waals surface area contributed by atoms with E-state index < -0.39 is 0 Å². The Labute approximate surface area is 173 Å². The first kappa shape index (κ1) is 19.6. The molecule has 0 aliphatic heterocycles. The Morgan fingerprint density at radius 3 is 2.41 bits per heavy atom. The molecule has 138 valence electrons. The van der Waals surface area contributed by atoms with Gasteiger partial charge in [0.1, 0.15) is 12.4 Å². The van der Waals surface area contributed by atoms with Gasteiger partial charge in [0.25, 0.3) is 0 Å². The number of hydrazone groups is 1. The summed E-state index contributed by atoms with van der Waals surface area (Å²) in [5.41, 5.74) is 5.64. The van der Waals surface area contributed by atoms with Crippen LogP contribution in [0.5, 0.6) is 5.75 Å². The Hall–Kier alpha value is -2.20. The van der Waals surface area contributed by atoms with Crippen LogP contribution in [0.1, 0.15) is 16.7 Å². The summed E-state index contributed by atoms with van der Waals surface area (Å²) in [4.78, 5) is 0. The van der Waals surface area contributed by atoms with Crippen LogP contribution in [0, 0.1) is 0 Å². The van der Waals surface area contributed by atoms with Crippen LogP contribution in [0.15, 0.2) is 71.8 Å². The van der Waals surface area contributed by atoms with E-state index in [9.17, 15) is 0 Å². The van der Waals surface area contributed by atoms with E-state index in [1.807, 2.05) is 54.6 Å². The lowest BCUT2D eigenvalue weighted by molar-refractivity contribution is 0.306. The topological polar surface area (TPSA) is 33.6 Å². The first-order chi connectivity index (χ1) is 13.1. The molecule has 0 unspecified atom stereocenters. The van der Waals surface area contributed by atoms with Crippen LogP contribution in [-0.4, -0.2) is 6.21 Å². The Morgan fingerprint density at radius 1 is 0.889 bits per heavy atom. The Morgan fingerprint density at radius 2 is 1.63 bits per heavy atom. The van der Waals surface area contributed by atoms with E-state index >= 15 is 0 Å². The van der Waals surface area contributed by atoms with Gasteiger partial charge in [-0.1, -0.05) is 65.1 Å². The lowest BCUT2D eigenvalue weighted by Crippen LogP contribution is -2.07. The van der Waals surface area contributed by atoms with Gasteiger partial charge < -0.3 is 10.2 Å². The molecule has 3 nitrogen and oxygen atoms in total. The van der Waals surface area contributed by atoms with Gasteiger partial charge >= 0.3 is 0 Å². The minimum atomic E-state index is 0.425. The molecular weight excluding hydrogens is 403 g/mol. The van der Waals surface area contributed by atoms with Crippen LogP contribution < -0.4 is 10.2 Å². The van der Waals surface area contributed by atoms with Crippen LogP contribution in [0.4, 0.5) is 0 Å². The highest BCUT2D eigenvalue weighted by molar-refractivity contribution is 6.36. The van der Waals surface area contributed by atoms with E-state index in [-0.39, 0.29) is 0 Å². The zero-order valence-corrected chi connectivity index (χ0v) is 16.6. The summed E-state index contributed by atoms with van der Waals surface area (Å²) in [7, 11) is 0. The molecule has 0 spiro atoms. The van der Waals surface area contributed by atoms with E-state index in [1.54, 1.807) is 18.3 Å². The lowest BCUT2D eigenvalue weighted by atomic mass is 10.2. The average molecular weight is 420 g/mol. The summed E-state index contributed by atoms with van der Waals surface area (Å²) in [6.07, 6.45) is 1.71. The first-order valence-electron chi connectivity index (χ1n) is 8.28. The second-order valence-corrected chi connectivity index (χ2v) is 7.00. The van der Waals surface area contributed by atoms with E-state index in [0.29, 0.717) is 28.2 Å². The molecule has 0 aliphatic rings. The van der Waals surface area contributed by atoms with E-state index in [0.717, 1.165) is 22.4 Å². The van der Waals surface area contributed by atoms with Crippen molar-refractivity contribution in [3.8, 4) is 5.75 Å². The normalized spacial score (nSPS) is 10.9.